The van der Waals surface area contributed by atoms with E-state index in [2.05, 4.69) is 4.98 Å². The summed E-state index contributed by atoms with van der Waals surface area (Å²) in [6.45, 7) is 0. The highest BCUT2D eigenvalue weighted by Gasteiger charge is 2.24. The number of aromatic hydroxyl groups is 1. The van der Waals surface area contributed by atoms with Crippen LogP contribution in [0, 0.1) is 0 Å². The number of Topliss-reactive ketones (excluding diaryl/α,β-unsaturated/α-hetero) is 1. The lowest BCUT2D eigenvalue weighted by atomic mass is 10.2. The second kappa shape index (κ2) is 2.45. The fraction of sp³-hybridized carbons (Fsp3) is 0.250. The monoisotopic (exact) mass is 183 g/mol. The van der Waals surface area contributed by atoms with Gasteiger partial charge in [0.15, 0.2) is 5.78 Å². The number of carbonyl (C=O) groups is 1. The van der Waals surface area contributed by atoms with E-state index in [1.165, 1.54) is 0 Å². The van der Waals surface area contributed by atoms with E-state index in [0.717, 1.165) is 5.56 Å². The fourth-order valence-corrected chi connectivity index (χ4v) is 1.63. The predicted molar refractivity (Wildman–Crippen MR) is 43.6 cm³/mol. The minimum atomic E-state index is -0.236. The van der Waals surface area contributed by atoms with E-state index in [0.29, 0.717) is 18.4 Å². The van der Waals surface area contributed by atoms with Crippen molar-refractivity contribution in [3.8, 4) is 5.88 Å². The Labute approximate surface area is 74.0 Å². The molecule has 0 bridgehead atoms. The van der Waals surface area contributed by atoms with E-state index in [9.17, 15) is 9.90 Å². The van der Waals surface area contributed by atoms with Crippen LogP contribution in [0.15, 0.2) is 6.07 Å². The zero-order chi connectivity index (χ0) is 8.72. The van der Waals surface area contributed by atoms with Crippen molar-refractivity contribution in [3.63, 3.8) is 0 Å². The first-order valence-corrected chi connectivity index (χ1v) is 3.98. The van der Waals surface area contributed by atoms with Gasteiger partial charge in [0.2, 0.25) is 5.88 Å². The molecule has 62 valence electrons. The van der Waals surface area contributed by atoms with E-state index in [4.69, 9.17) is 11.6 Å². The third-order valence-corrected chi connectivity index (χ3v) is 2.14. The Morgan fingerprint density at radius 1 is 1.50 bits per heavy atom. The molecule has 0 spiro atoms. The molecule has 1 aliphatic rings. The van der Waals surface area contributed by atoms with Crippen molar-refractivity contribution in [2.45, 2.75) is 12.8 Å². The maximum atomic E-state index is 11.2. The van der Waals surface area contributed by atoms with Crippen molar-refractivity contribution in [2.75, 3.05) is 0 Å². The fourth-order valence-electron chi connectivity index (χ4n) is 1.42. The number of hydrogen-bond donors (Lipinski definition) is 1. The average Bonchev–Trinajstić information content (AvgIpc) is 2.31. The molecule has 0 fully saturated rings. The molecule has 3 nitrogen and oxygen atoms in total. The molecular formula is C8H6ClNO2. The number of nitrogens with zero attached hydrogens (tertiary/aromatic N) is 1. The number of carbonyl (C=O) groups excluding carboxylic acids is 1. The molecule has 0 unspecified atom stereocenters. The first-order valence-electron chi connectivity index (χ1n) is 3.60. The molecular weight excluding hydrogens is 178 g/mol. The number of aryl methyl sites for hydroxylation is 1. The van der Waals surface area contributed by atoms with Crippen molar-refractivity contribution in [1.82, 2.24) is 4.98 Å². The zero-order valence-electron chi connectivity index (χ0n) is 6.17. The number of aromatic nitrogens is 1. The average molecular weight is 184 g/mol. The quantitative estimate of drug-likeness (QED) is 0.622. The van der Waals surface area contributed by atoms with Gasteiger partial charge < -0.3 is 5.11 Å². The highest BCUT2D eigenvalue weighted by Crippen LogP contribution is 2.30. The Kier molecular flexibility index (Phi) is 1.54. The van der Waals surface area contributed by atoms with Crippen LogP contribution in [0.3, 0.4) is 0 Å². The molecule has 2 rings (SSSR count). The molecule has 1 aromatic heterocycles. The van der Waals surface area contributed by atoms with Crippen LogP contribution < -0.4 is 0 Å². The van der Waals surface area contributed by atoms with Crippen LogP contribution in [0.5, 0.6) is 5.88 Å². The number of halogens is 1. The Hall–Kier alpha value is -1.09. The third-order valence-electron chi connectivity index (χ3n) is 1.95. The number of pyridine rings is 1. The smallest absolute Gasteiger partial charge is 0.223 e. The van der Waals surface area contributed by atoms with Crippen molar-refractivity contribution in [2.24, 2.45) is 0 Å². The van der Waals surface area contributed by atoms with E-state index >= 15 is 0 Å². The minimum Gasteiger partial charge on any atom is -0.493 e. The van der Waals surface area contributed by atoms with E-state index in [1.54, 1.807) is 6.07 Å². The molecule has 1 aromatic rings. The summed E-state index contributed by atoms with van der Waals surface area (Å²) in [5.74, 6) is -0.285. The predicted octanol–water partition coefficient (Wildman–Crippen LogP) is 1.57. The van der Waals surface area contributed by atoms with Gasteiger partial charge in [-0.25, -0.2) is 4.98 Å². The lowest BCUT2D eigenvalue weighted by Crippen LogP contribution is -1.93. The molecule has 0 aliphatic heterocycles. The van der Waals surface area contributed by atoms with Crippen LogP contribution in [0.2, 0.25) is 5.15 Å². The molecule has 1 heterocycles. The summed E-state index contributed by atoms with van der Waals surface area (Å²) in [5.41, 5.74) is 1.15. The molecule has 12 heavy (non-hydrogen) atoms. The second-order valence-corrected chi connectivity index (χ2v) is 3.11. The summed E-state index contributed by atoms with van der Waals surface area (Å²) in [5, 5.41) is 9.50. The topological polar surface area (TPSA) is 50.2 Å². The Balaban J connectivity index is 2.68. The van der Waals surface area contributed by atoms with Gasteiger partial charge in [-0.3, -0.25) is 4.79 Å². The Morgan fingerprint density at radius 3 is 3.00 bits per heavy atom. The number of hydrogen-bond acceptors (Lipinski definition) is 3. The van der Waals surface area contributed by atoms with Gasteiger partial charge in [0.1, 0.15) is 5.15 Å². The summed E-state index contributed by atoms with van der Waals surface area (Å²) in [6, 6.07) is 1.63. The van der Waals surface area contributed by atoms with Gasteiger partial charge >= 0.3 is 0 Å². The van der Waals surface area contributed by atoms with Crippen LogP contribution in [-0.2, 0) is 6.42 Å². The second-order valence-electron chi connectivity index (χ2n) is 2.73. The number of rotatable bonds is 0. The summed E-state index contributed by atoms with van der Waals surface area (Å²) < 4.78 is 0. The summed E-state index contributed by atoms with van der Waals surface area (Å²) in [7, 11) is 0. The molecule has 0 radical (unpaired) electrons. The number of ketones is 1. The summed E-state index contributed by atoms with van der Waals surface area (Å²) >= 11 is 5.59. The van der Waals surface area contributed by atoms with E-state index in [-0.39, 0.29) is 16.8 Å². The molecule has 0 saturated carbocycles. The standard InChI is InChI=1S/C8H6ClNO2/c9-6-3-4-1-2-5(11)7(4)8(12)10-6/h3H,1-2H2,(H,10,12). The van der Waals surface area contributed by atoms with Crippen LogP contribution >= 0.6 is 11.6 Å². The summed E-state index contributed by atoms with van der Waals surface area (Å²) in [4.78, 5) is 14.8. The summed E-state index contributed by atoms with van der Waals surface area (Å²) in [6.07, 6.45) is 1.11. The molecule has 0 atom stereocenters. The van der Waals surface area contributed by atoms with Gasteiger partial charge in [0, 0.05) is 6.42 Å². The highest BCUT2D eigenvalue weighted by atomic mass is 35.5. The lowest BCUT2D eigenvalue weighted by Gasteiger charge is -1.99. The molecule has 0 aromatic carbocycles. The van der Waals surface area contributed by atoms with Gasteiger partial charge in [0.25, 0.3) is 0 Å². The molecule has 1 N–H and O–H groups in total. The van der Waals surface area contributed by atoms with Gasteiger partial charge in [-0.1, -0.05) is 11.6 Å². The van der Waals surface area contributed by atoms with Crippen molar-refractivity contribution in [3.05, 3.63) is 22.3 Å². The Bertz CT molecular complexity index is 362. The molecule has 0 amide bonds. The highest BCUT2D eigenvalue weighted by molar-refractivity contribution is 6.29. The first-order chi connectivity index (χ1) is 5.68. The lowest BCUT2D eigenvalue weighted by molar-refractivity contribution is 0.0992. The molecule has 4 heteroatoms. The maximum absolute atomic E-state index is 11.2. The zero-order valence-corrected chi connectivity index (χ0v) is 6.93. The van der Waals surface area contributed by atoms with Gasteiger partial charge in [-0.05, 0) is 18.1 Å². The van der Waals surface area contributed by atoms with Crippen molar-refractivity contribution < 1.29 is 9.90 Å². The molecule has 0 saturated heterocycles. The van der Waals surface area contributed by atoms with Crippen LogP contribution in [0.4, 0.5) is 0 Å². The van der Waals surface area contributed by atoms with Gasteiger partial charge in [0.05, 0.1) is 5.56 Å². The van der Waals surface area contributed by atoms with Crippen LogP contribution in [-0.4, -0.2) is 15.9 Å². The van der Waals surface area contributed by atoms with Crippen LogP contribution in [0.1, 0.15) is 22.3 Å². The Morgan fingerprint density at radius 2 is 2.25 bits per heavy atom. The van der Waals surface area contributed by atoms with E-state index in [1.807, 2.05) is 0 Å². The first kappa shape index (κ1) is 7.55. The van der Waals surface area contributed by atoms with Crippen LogP contribution in [0.25, 0.3) is 0 Å². The van der Waals surface area contributed by atoms with Gasteiger partial charge in [-0.2, -0.15) is 0 Å². The minimum absolute atomic E-state index is 0.0494. The maximum Gasteiger partial charge on any atom is 0.223 e. The van der Waals surface area contributed by atoms with Gasteiger partial charge in [-0.15, -0.1) is 0 Å². The van der Waals surface area contributed by atoms with Crippen molar-refractivity contribution >= 4 is 17.4 Å². The largest absolute Gasteiger partial charge is 0.493 e. The SMILES string of the molecule is O=C1CCc2cc(Cl)nc(O)c21. The number of fused-ring (bicyclic) bond motifs is 1. The third kappa shape index (κ3) is 0.975. The van der Waals surface area contributed by atoms with Crippen molar-refractivity contribution in [1.29, 1.82) is 0 Å². The molecule has 1 aliphatic carbocycles. The van der Waals surface area contributed by atoms with E-state index < -0.39 is 0 Å². The normalized spacial score (nSPS) is 14.9.